The third-order valence-corrected chi connectivity index (χ3v) is 5.34. The number of thiophene rings is 1. The number of halogens is 1. The van der Waals surface area contributed by atoms with Crippen molar-refractivity contribution in [2.24, 2.45) is 4.99 Å². The summed E-state index contributed by atoms with van der Waals surface area (Å²) < 4.78 is 2.06. The maximum Gasteiger partial charge on any atom is 0.191 e. The van der Waals surface area contributed by atoms with Crippen molar-refractivity contribution < 1.29 is 0 Å². The number of hydrogen-bond acceptors (Lipinski definition) is 3. The number of aliphatic imine (C=N–C) groups is 1. The molecule has 5 nitrogen and oxygen atoms in total. The van der Waals surface area contributed by atoms with Crippen LogP contribution in [0.1, 0.15) is 28.8 Å². The lowest BCUT2D eigenvalue weighted by molar-refractivity contribution is 0.708. The third kappa shape index (κ3) is 6.66. The minimum atomic E-state index is 0. The van der Waals surface area contributed by atoms with Crippen LogP contribution in [0.15, 0.2) is 65.5 Å². The van der Waals surface area contributed by atoms with E-state index in [-0.39, 0.29) is 24.0 Å². The van der Waals surface area contributed by atoms with Crippen LogP contribution in [0.5, 0.6) is 0 Å². The van der Waals surface area contributed by atoms with E-state index in [0.29, 0.717) is 5.92 Å². The first-order valence-electron chi connectivity index (χ1n) is 8.76. The number of benzene rings is 1. The second-order valence-corrected chi connectivity index (χ2v) is 7.25. The van der Waals surface area contributed by atoms with Gasteiger partial charge in [0.1, 0.15) is 0 Å². The summed E-state index contributed by atoms with van der Waals surface area (Å²) >= 11 is 1.80. The molecular weight excluding hydrogens is 469 g/mol. The molecule has 0 aliphatic carbocycles. The third-order valence-electron chi connectivity index (χ3n) is 4.24. The van der Waals surface area contributed by atoms with Crippen molar-refractivity contribution in [1.82, 2.24) is 20.2 Å². The molecule has 3 rings (SSSR count). The summed E-state index contributed by atoms with van der Waals surface area (Å²) in [5, 5.41) is 8.90. The molecule has 0 bridgehead atoms. The van der Waals surface area contributed by atoms with Gasteiger partial charge in [0.15, 0.2) is 5.96 Å². The van der Waals surface area contributed by atoms with E-state index in [1.54, 1.807) is 24.6 Å². The van der Waals surface area contributed by atoms with E-state index in [1.165, 1.54) is 16.0 Å². The molecule has 1 unspecified atom stereocenters. The largest absolute Gasteiger partial charge is 0.356 e. The highest BCUT2D eigenvalue weighted by Gasteiger charge is 2.07. The van der Waals surface area contributed by atoms with Crippen LogP contribution in [0.25, 0.3) is 0 Å². The van der Waals surface area contributed by atoms with Gasteiger partial charge in [0.2, 0.25) is 0 Å². The molecule has 7 heteroatoms. The molecule has 0 radical (unpaired) electrons. The number of hydrogen-bond donors (Lipinski definition) is 2. The van der Waals surface area contributed by atoms with E-state index in [4.69, 9.17) is 0 Å². The van der Waals surface area contributed by atoms with Gasteiger partial charge in [-0.2, -0.15) is 0 Å². The van der Waals surface area contributed by atoms with Crippen molar-refractivity contribution in [2.45, 2.75) is 25.9 Å². The number of nitrogens with zero attached hydrogens (tertiary/aromatic N) is 3. The van der Waals surface area contributed by atoms with Crippen LogP contribution >= 0.6 is 35.3 Å². The lowest BCUT2D eigenvalue weighted by Gasteiger charge is -2.15. The fourth-order valence-electron chi connectivity index (χ4n) is 2.68. The zero-order valence-corrected chi connectivity index (χ0v) is 18.8. The molecular formula is C20H26IN5S. The van der Waals surface area contributed by atoms with Crippen molar-refractivity contribution in [2.75, 3.05) is 13.6 Å². The van der Waals surface area contributed by atoms with Gasteiger partial charge in [0.25, 0.3) is 0 Å². The zero-order chi connectivity index (χ0) is 18.2. The number of nitrogens with one attached hydrogen (secondary N) is 2. The second kappa shape index (κ2) is 11.1. The topological polar surface area (TPSA) is 54.2 Å². The summed E-state index contributed by atoms with van der Waals surface area (Å²) in [6, 6.07) is 12.9. The predicted molar refractivity (Wildman–Crippen MR) is 124 cm³/mol. The van der Waals surface area contributed by atoms with E-state index in [2.05, 4.69) is 73.9 Å². The van der Waals surface area contributed by atoms with Crippen LogP contribution in [0.2, 0.25) is 0 Å². The lowest BCUT2D eigenvalue weighted by Crippen LogP contribution is -2.38. The molecule has 0 amide bonds. The minimum Gasteiger partial charge on any atom is -0.356 e. The van der Waals surface area contributed by atoms with Crippen LogP contribution in [-0.4, -0.2) is 29.1 Å². The monoisotopic (exact) mass is 495 g/mol. The Morgan fingerprint density at radius 2 is 1.96 bits per heavy atom. The number of aromatic nitrogens is 2. The number of guanidine groups is 1. The first-order chi connectivity index (χ1) is 12.7. The Labute approximate surface area is 182 Å². The van der Waals surface area contributed by atoms with Crippen LogP contribution in [0.3, 0.4) is 0 Å². The standard InChI is InChI=1S/C20H25N5S.HI/c1-16(19-4-3-11-26-19)12-23-20(21-2)24-13-17-5-7-18(8-6-17)14-25-10-9-22-15-25;/h3-11,15-16H,12-14H2,1-2H3,(H2,21,23,24);1H. The van der Waals surface area contributed by atoms with Gasteiger partial charge < -0.3 is 15.2 Å². The molecule has 3 aromatic rings. The predicted octanol–water partition coefficient (Wildman–Crippen LogP) is 4.08. The Morgan fingerprint density at radius 1 is 1.19 bits per heavy atom. The van der Waals surface area contributed by atoms with E-state index in [1.807, 2.05) is 12.5 Å². The van der Waals surface area contributed by atoms with E-state index in [0.717, 1.165) is 25.6 Å². The molecule has 0 fully saturated rings. The van der Waals surface area contributed by atoms with Crippen molar-refractivity contribution >= 4 is 41.3 Å². The zero-order valence-electron chi connectivity index (χ0n) is 15.6. The van der Waals surface area contributed by atoms with Gasteiger partial charge in [0, 0.05) is 49.9 Å². The Hall–Kier alpha value is -1.87. The summed E-state index contributed by atoms with van der Waals surface area (Å²) in [6.07, 6.45) is 5.61. The fourth-order valence-corrected chi connectivity index (χ4v) is 3.47. The SMILES string of the molecule is CN=C(NCc1ccc(Cn2ccnc2)cc1)NCC(C)c1cccs1.I. The summed E-state index contributed by atoms with van der Waals surface area (Å²) in [5.74, 6) is 1.30. The second-order valence-electron chi connectivity index (χ2n) is 6.27. The van der Waals surface area contributed by atoms with Gasteiger partial charge in [-0.3, -0.25) is 4.99 Å². The lowest BCUT2D eigenvalue weighted by atomic mass is 10.1. The molecule has 27 heavy (non-hydrogen) atoms. The summed E-state index contributed by atoms with van der Waals surface area (Å²) in [4.78, 5) is 9.78. The van der Waals surface area contributed by atoms with Gasteiger partial charge in [0.05, 0.1) is 6.33 Å². The van der Waals surface area contributed by atoms with E-state index < -0.39 is 0 Å². The molecule has 1 atom stereocenters. The Kier molecular flexibility index (Phi) is 8.80. The van der Waals surface area contributed by atoms with Crippen molar-refractivity contribution in [3.05, 3.63) is 76.5 Å². The van der Waals surface area contributed by atoms with Crippen LogP contribution in [0, 0.1) is 0 Å². The fraction of sp³-hybridized carbons (Fsp3) is 0.300. The highest BCUT2D eigenvalue weighted by atomic mass is 127. The van der Waals surface area contributed by atoms with Gasteiger partial charge in [-0.05, 0) is 22.6 Å². The van der Waals surface area contributed by atoms with Crippen molar-refractivity contribution in [1.29, 1.82) is 0 Å². The van der Waals surface area contributed by atoms with Gasteiger partial charge >= 0.3 is 0 Å². The molecule has 0 spiro atoms. The maximum absolute atomic E-state index is 4.31. The Bertz CT molecular complexity index is 798. The average molecular weight is 495 g/mol. The van der Waals surface area contributed by atoms with Gasteiger partial charge in [-0.25, -0.2) is 4.98 Å². The number of rotatable bonds is 7. The van der Waals surface area contributed by atoms with E-state index >= 15 is 0 Å². The highest BCUT2D eigenvalue weighted by Crippen LogP contribution is 2.19. The quantitative estimate of drug-likeness (QED) is 0.295. The summed E-state index contributed by atoms with van der Waals surface area (Å²) in [7, 11) is 1.80. The molecule has 0 saturated carbocycles. The molecule has 2 aromatic heterocycles. The first kappa shape index (κ1) is 21.4. The average Bonchev–Trinajstić information content (AvgIpc) is 3.37. The van der Waals surface area contributed by atoms with Crippen LogP contribution in [-0.2, 0) is 13.1 Å². The van der Waals surface area contributed by atoms with E-state index in [9.17, 15) is 0 Å². The van der Waals surface area contributed by atoms with Crippen LogP contribution < -0.4 is 10.6 Å². The molecule has 1 aromatic carbocycles. The Balaban J connectivity index is 0.00000261. The van der Waals surface area contributed by atoms with Gasteiger partial charge in [-0.15, -0.1) is 35.3 Å². The molecule has 144 valence electrons. The minimum absolute atomic E-state index is 0. The maximum atomic E-state index is 4.31. The normalized spacial score (nSPS) is 12.3. The molecule has 0 aliphatic heterocycles. The summed E-state index contributed by atoms with van der Waals surface area (Å²) in [5.41, 5.74) is 2.49. The highest BCUT2D eigenvalue weighted by molar-refractivity contribution is 14.0. The number of imidazole rings is 1. The van der Waals surface area contributed by atoms with Crippen molar-refractivity contribution in [3.8, 4) is 0 Å². The summed E-state index contributed by atoms with van der Waals surface area (Å²) in [6.45, 7) is 4.69. The molecule has 0 saturated heterocycles. The van der Waals surface area contributed by atoms with Gasteiger partial charge in [-0.1, -0.05) is 37.3 Å². The van der Waals surface area contributed by atoms with Crippen molar-refractivity contribution in [3.63, 3.8) is 0 Å². The Morgan fingerprint density at radius 3 is 2.59 bits per heavy atom. The molecule has 0 aliphatic rings. The van der Waals surface area contributed by atoms with Crippen LogP contribution in [0.4, 0.5) is 0 Å². The first-order valence-corrected chi connectivity index (χ1v) is 9.64. The smallest absolute Gasteiger partial charge is 0.191 e. The molecule has 2 N–H and O–H groups in total. The molecule has 2 heterocycles.